The quantitative estimate of drug-likeness (QED) is 0.760. The summed E-state index contributed by atoms with van der Waals surface area (Å²) in [6.45, 7) is 11.3. The number of halogens is 1. The van der Waals surface area contributed by atoms with E-state index in [9.17, 15) is 0 Å². The van der Waals surface area contributed by atoms with Crippen molar-refractivity contribution in [3.63, 3.8) is 0 Å². The molecule has 0 aromatic heterocycles. The minimum atomic E-state index is 0.233. The van der Waals surface area contributed by atoms with Crippen molar-refractivity contribution in [2.24, 2.45) is 5.73 Å². The van der Waals surface area contributed by atoms with Gasteiger partial charge in [-0.15, -0.1) is 0 Å². The second-order valence-corrected chi connectivity index (χ2v) is 6.39. The highest BCUT2D eigenvalue weighted by atomic mass is 35.5. The summed E-state index contributed by atoms with van der Waals surface area (Å²) in [6, 6.07) is 4.31. The second kappa shape index (κ2) is 7.90. The van der Waals surface area contributed by atoms with Crippen molar-refractivity contribution in [2.45, 2.75) is 65.3 Å². The normalized spacial score (nSPS) is 14.4. The summed E-state index contributed by atoms with van der Waals surface area (Å²) in [5, 5.41) is 0.791. The van der Waals surface area contributed by atoms with Gasteiger partial charge in [-0.2, -0.15) is 0 Å². The maximum Gasteiger partial charge on any atom is 0.126 e. The van der Waals surface area contributed by atoms with Gasteiger partial charge in [0.2, 0.25) is 0 Å². The molecule has 0 radical (unpaired) electrons. The monoisotopic (exact) mass is 297 g/mol. The van der Waals surface area contributed by atoms with E-state index in [1.807, 2.05) is 26.0 Å². The molecule has 1 aromatic rings. The Morgan fingerprint density at radius 3 is 2.20 bits per heavy atom. The molecule has 0 saturated heterocycles. The van der Waals surface area contributed by atoms with Crippen LogP contribution in [0.4, 0.5) is 0 Å². The predicted molar refractivity (Wildman–Crippen MR) is 88.0 cm³/mol. The molecule has 0 aliphatic heterocycles. The van der Waals surface area contributed by atoms with E-state index in [0.29, 0.717) is 18.4 Å². The van der Waals surface area contributed by atoms with Gasteiger partial charge in [-0.3, -0.25) is 0 Å². The molecule has 2 N–H and O–H groups in total. The van der Waals surface area contributed by atoms with Crippen LogP contribution >= 0.6 is 11.6 Å². The topological polar surface area (TPSA) is 35.2 Å². The molecule has 0 amide bonds. The average Bonchev–Trinajstić information content (AvgIpc) is 2.37. The van der Waals surface area contributed by atoms with Gasteiger partial charge in [0.1, 0.15) is 5.75 Å². The van der Waals surface area contributed by atoms with E-state index < -0.39 is 0 Å². The molecule has 0 aliphatic carbocycles. The molecular formula is C17H28ClNO. The Balaban J connectivity index is 3.14. The first kappa shape index (κ1) is 17.3. The lowest BCUT2D eigenvalue weighted by molar-refractivity contribution is 0.328. The van der Waals surface area contributed by atoms with Gasteiger partial charge in [0.15, 0.2) is 0 Å². The Bertz CT molecular complexity index is 429. The summed E-state index contributed by atoms with van der Waals surface area (Å²) in [5.74, 6) is 1.82. The SMILES string of the molecule is CCOc1c(C(C)C)cc(Cl)cc1C(C)CCC(C)N. The Morgan fingerprint density at radius 2 is 1.70 bits per heavy atom. The van der Waals surface area contributed by atoms with E-state index in [2.05, 4.69) is 20.8 Å². The van der Waals surface area contributed by atoms with Gasteiger partial charge < -0.3 is 10.5 Å². The lowest BCUT2D eigenvalue weighted by Crippen LogP contribution is -2.15. The van der Waals surface area contributed by atoms with Crippen LogP contribution in [0.2, 0.25) is 5.02 Å². The molecule has 2 nitrogen and oxygen atoms in total. The van der Waals surface area contributed by atoms with Gasteiger partial charge in [0, 0.05) is 11.1 Å². The fourth-order valence-electron chi connectivity index (χ4n) is 2.41. The molecule has 0 fully saturated rings. The molecule has 1 aromatic carbocycles. The standard InChI is InChI=1S/C17H28ClNO/c1-6-20-17-15(11(2)3)9-14(18)10-16(17)12(4)7-8-13(5)19/h9-13H,6-8,19H2,1-5H3. The smallest absolute Gasteiger partial charge is 0.126 e. The van der Waals surface area contributed by atoms with Crippen molar-refractivity contribution in [1.29, 1.82) is 0 Å². The molecule has 0 bridgehead atoms. The molecule has 0 saturated carbocycles. The molecule has 20 heavy (non-hydrogen) atoms. The van der Waals surface area contributed by atoms with Gasteiger partial charge in [-0.1, -0.05) is 32.4 Å². The summed E-state index contributed by atoms with van der Waals surface area (Å²) in [6.07, 6.45) is 2.06. The first-order valence-electron chi connectivity index (χ1n) is 7.58. The van der Waals surface area contributed by atoms with E-state index in [1.165, 1.54) is 11.1 Å². The highest BCUT2D eigenvalue weighted by Gasteiger charge is 2.19. The van der Waals surface area contributed by atoms with Crippen LogP contribution in [0.5, 0.6) is 5.75 Å². The number of hydrogen-bond donors (Lipinski definition) is 1. The Kier molecular flexibility index (Phi) is 6.84. The third-order valence-corrected chi connectivity index (χ3v) is 3.83. The van der Waals surface area contributed by atoms with Crippen LogP contribution in [0.3, 0.4) is 0 Å². The Hall–Kier alpha value is -0.730. The molecule has 2 atom stereocenters. The first-order chi connectivity index (χ1) is 9.36. The molecule has 114 valence electrons. The summed E-state index contributed by atoms with van der Waals surface area (Å²) in [7, 11) is 0. The van der Waals surface area contributed by atoms with Crippen molar-refractivity contribution in [3.05, 3.63) is 28.3 Å². The van der Waals surface area contributed by atoms with Crippen LogP contribution in [-0.4, -0.2) is 12.6 Å². The summed E-state index contributed by atoms with van der Waals surface area (Å²) in [5.41, 5.74) is 8.27. The number of hydrogen-bond acceptors (Lipinski definition) is 2. The predicted octanol–water partition coefficient (Wildman–Crippen LogP) is 5.09. The summed E-state index contributed by atoms with van der Waals surface area (Å²) in [4.78, 5) is 0. The highest BCUT2D eigenvalue weighted by molar-refractivity contribution is 6.30. The van der Waals surface area contributed by atoms with Crippen LogP contribution in [0, 0.1) is 0 Å². The molecular weight excluding hydrogens is 270 g/mol. The zero-order valence-electron chi connectivity index (χ0n) is 13.4. The van der Waals surface area contributed by atoms with Crippen molar-refractivity contribution in [3.8, 4) is 5.75 Å². The van der Waals surface area contributed by atoms with E-state index in [1.54, 1.807) is 0 Å². The number of rotatable bonds is 7. The van der Waals surface area contributed by atoms with Crippen LogP contribution in [0.25, 0.3) is 0 Å². The van der Waals surface area contributed by atoms with Gasteiger partial charge in [0.05, 0.1) is 6.61 Å². The average molecular weight is 298 g/mol. The van der Waals surface area contributed by atoms with Crippen molar-refractivity contribution >= 4 is 11.6 Å². The molecule has 3 heteroatoms. The summed E-state index contributed by atoms with van der Waals surface area (Å²) < 4.78 is 5.92. The van der Waals surface area contributed by atoms with Crippen LogP contribution < -0.4 is 10.5 Å². The third-order valence-electron chi connectivity index (χ3n) is 3.61. The fourth-order valence-corrected chi connectivity index (χ4v) is 2.65. The number of nitrogens with two attached hydrogens (primary N) is 1. The fraction of sp³-hybridized carbons (Fsp3) is 0.647. The van der Waals surface area contributed by atoms with E-state index in [0.717, 1.165) is 23.6 Å². The van der Waals surface area contributed by atoms with Gasteiger partial charge in [-0.05, 0) is 61.8 Å². The molecule has 0 aliphatic rings. The maximum atomic E-state index is 6.29. The molecule has 2 unspecified atom stereocenters. The largest absolute Gasteiger partial charge is 0.493 e. The van der Waals surface area contributed by atoms with E-state index in [-0.39, 0.29) is 6.04 Å². The zero-order chi connectivity index (χ0) is 15.3. The zero-order valence-corrected chi connectivity index (χ0v) is 14.1. The number of benzene rings is 1. The minimum Gasteiger partial charge on any atom is -0.493 e. The maximum absolute atomic E-state index is 6.29. The van der Waals surface area contributed by atoms with Gasteiger partial charge >= 0.3 is 0 Å². The third kappa shape index (κ3) is 4.68. The van der Waals surface area contributed by atoms with Crippen molar-refractivity contribution in [2.75, 3.05) is 6.61 Å². The molecule has 1 rings (SSSR count). The van der Waals surface area contributed by atoms with Crippen molar-refractivity contribution in [1.82, 2.24) is 0 Å². The highest BCUT2D eigenvalue weighted by Crippen LogP contribution is 2.38. The minimum absolute atomic E-state index is 0.233. The lowest BCUT2D eigenvalue weighted by Gasteiger charge is -2.22. The first-order valence-corrected chi connectivity index (χ1v) is 7.96. The van der Waals surface area contributed by atoms with Crippen LogP contribution in [-0.2, 0) is 0 Å². The van der Waals surface area contributed by atoms with Crippen LogP contribution in [0.15, 0.2) is 12.1 Å². The Morgan fingerprint density at radius 1 is 1.10 bits per heavy atom. The lowest BCUT2D eigenvalue weighted by atomic mass is 9.90. The second-order valence-electron chi connectivity index (χ2n) is 5.96. The van der Waals surface area contributed by atoms with E-state index >= 15 is 0 Å². The van der Waals surface area contributed by atoms with Gasteiger partial charge in [0.25, 0.3) is 0 Å². The number of ether oxygens (including phenoxy) is 1. The van der Waals surface area contributed by atoms with Crippen LogP contribution in [0.1, 0.15) is 70.4 Å². The molecule has 0 spiro atoms. The molecule has 0 heterocycles. The Labute approximate surface area is 128 Å². The van der Waals surface area contributed by atoms with Gasteiger partial charge in [-0.25, -0.2) is 0 Å². The van der Waals surface area contributed by atoms with E-state index in [4.69, 9.17) is 22.1 Å². The van der Waals surface area contributed by atoms with Crippen molar-refractivity contribution < 1.29 is 4.74 Å². The summed E-state index contributed by atoms with van der Waals surface area (Å²) >= 11 is 6.29.